The summed E-state index contributed by atoms with van der Waals surface area (Å²) in [6.45, 7) is 5.92. The van der Waals surface area contributed by atoms with E-state index in [1.54, 1.807) is 0 Å². The molecule has 0 aromatic heterocycles. The zero-order valence-electron chi connectivity index (χ0n) is 10.2. The molecule has 0 unspecified atom stereocenters. The van der Waals surface area contributed by atoms with E-state index >= 15 is 0 Å². The Bertz CT molecular complexity index is 251. The average Bonchev–Trinajstić information content (AvgIpc) is 2.91. The Balaban J connectivity index is 1.69. The summed E-state index contributed by atoms with van der Waals surface area (Å²) in [5.74, 6) is 1.01. The summed E-state index contributed by atoms with van der Waals surface area (Å²) in [6, 6.07) is 0.414. The second kappa shape index (κ2) is 5.04. The first-order valence-electron chi connectivity index (χ1n) is 6.33. The zero-order valence-corrected chi connectivity index (χ0v) is 10.2. The van der Waals surface area contributed by atoms with Crippen molar-refractivity contribution in [3.05, 3.63) is 0 Å². The minimum absolute atomic E-state index is 0.0168. The molecule has 0 aromatic carbocycles. The van der Waals surface area contributed by atoms with Crippen LogP contribution in [-0.2, 0) is 4.74 Å². The molecule has 1 saturated heterocycles. The van der Waals surface area contributed by atoms with Gasteiger partial charge in [0.25, 0.3) is 0 Å². The molecule has 2 rings (SSSR count). The van der Waals surface area contributed by atoms with Crippen LogP contribution in [0.25, 0.3) is 0 Å². The van der Waals surface area contributed by atoms with Gasteiger partial charge in [-0.3, -0.25) is 0 Å². The van der Waals surface area contributed by atoms with Crippen LogP contribution in [0.1, 0.15) is 33.1 Å². The second-order valence-corrected chi connectivity index (χ2v) is 5.26. The molecule has 1 aliphatic carbocycles. The number of ether oxygens (including phenoxy) is 1. The predicted molar refractivity (Wildman–Crippen MR) is 62.2 cm³/mol. The Hall–Kier alpha value is -0.770. The topological polar surface area (TPSA) is 50.4 Å². The van der Waals surface area contributed by atoms with E-state index < -0.39 is 0 Å². The minimum atomic E-state index is -0.0168. The van der Waals surface area contributed by atoms with Crippen molar-refractivity contribution in [2.75, 3.05) is 13.2 Å². The van der Waals surface area contributed by atoms with Gasteiger partial charge in [-0.25, -0.2) is 4.79 Å². The van der Waals surface area contributed by atoms with Gasteiger partial charge < -0.3 is 15.4 Å². The number of carbonyl (C=O) groups is 1. The highest BCUT2D eigenvalue weighted by Gasteiger charge is 2.31. The van der Waals surface area contributed by atoms with Crippen molar-refractivity contribution in [3.8, 4) is 0 Å². The fourth-order valence-corrected chi connectivity index (χ4v) is 2.30. The maximum Gasteiger partial charge on any atom is 0.315 e. The quantitative estimate of drug-likeness (QED) is 0.763. The number of hydrogen-bond acceptors (Lipinski definition) is 2. The van der Waals surface area contributed by atoms with E-state index in [4.69, 9.17) is 4.74 Å². The first kappa shape index (κ1) is 11.7. The van der Waals surface area contributed by atoms with Crippen LogP contribution in [0.3, 0.4) is 0 Å². The SMILES string of the molecule is CC(C)[C@H]1OCC[C@@H]1CNC(=O)NC1CC1. The van der Waals surface area contributed by atoms with Crippen molar-refractivity contribution < 1.29 is 9.53 Å². The molecule has 0 spiro atoms. The number of urea groups is 1. The third kappa shape index (κ3) is 3.11. The molecular formula is C12H22N2O2. The highest BCUT2D eigenvalue weighted by atomic mass is 16.5. The molecule has 2 atom stereocenters. The summed E-state index contributed by atoms with van der Waals surface area (Å²) in [5, 5.41) is 5.88. The van der Waals surface area contributed by atoms with Crippen LogP contribution in [0.4, 0.5) is 4.79 Å². The highest BCUT2D eigenvalue weighted by Crippen LogP contribution is 2.26. The Labute approximate surface area is 97.1 Å². The number of amides is 2. The van der Waals surface area contributed by atoms with Gasteiger partial charge in [0, 0.05) is 25.1 Å². The van der Waals surface area contributed by atoms with Gasteiger partial charge in [-0.05, 0) is 25.2 Å². The summed E-state index contributed by atoms with van der Waals surface area (Å²) >= 11 is 0. The first-order chi connectivity index (χ1) is 7.66. The van der Waals surface area contributed by atoms with Gasteiger partial charge in [0.2, 0.25) is 0 Å². The molecule has 2 N–H and O–H groups in total. The van der Waals surface area contributed by atoms with Crippen LogP contribution in [0.2, 0.25) is 0 Å². The van der Waals surface area contributed by atoms with Crippen LogP contribution in [-0.4, -0.2) is 31.3 Å². The summed E-state index contributed by atoms with van der Waals surface area (Å²) in [4.78, 5) is 11.5. The molecule has 0 aromatic rings. The molecule has 2 fully saturated rings. The molecule has 0 bridgehead atoms. The molecule has 2 aliphatic rings. The lowest BCUT2D eigenvalue weighted by Gasteiger charge is -2.22. The van der Waals surface area contributed by atoms with E-state index in [0.717, 1.165) is 32.4 Å². The monoisotopic (exact) mass is 226 g/mol. The van der Waals surface area contributed by atoms with Gasteiger partial charge in [0.05, 0.1) is 6.10 Å². The van der Waals surface area contributed by atoms with Crippen LogP contribution in [0.15, 0.2) is 0 Å². The van der Waals surface area contributed by atoms with E-state index in [1.807, 2.05) is 0 Å². The molecular weight excluding hydrogens is 204 g/mol. The first-order valence-corrected chi connectivity index (χ1v) is 6.33. The number of nitrogens with one attached hydrogen (secondary N) is 2. The van der Waals surface area contributed by atoms with Crippen molar-refractivity contribution in [1.82, 2.24) is 10.6 Å². The standard InChI is InChI=1S/C12H22N2O2/c1-8(2)11-9(5-6-16-11)7-13-12(15)14-10-3-4-10/h8-11H,3-7H2,1-2H3,(H2,13,14,15)/t9-,11-/m1/s1. The molecule has 4 heteroatoms. The Morgan fingerprint density at radius 3 is 2.75 bits per heavy atom. The summed E-state index contributed by atoms with van der Waals surface area (Å²) in [6.07, 6.45) is 3.64. The third-order valence-electron chi connectivity index (χ3n) is 3.36. The van der Waals surface area contributed by atoms with Gasteiger partial charge >= 0.3 is 6.03 Å². The maximum absolute atomic E-state index is 11.5. The molecule has 1 aliphatic heterocycles. The van der Waals surface area contributed by atoms with Crippen molar-refractivity contribution in [3.63, 3.8) is 0 Å². The Morgan fingerprint density at radius 2 is 2.12 bits per heavy atom. The van der Waals surface area contributed by atoms with Crippen molar-refractivity contribution in [1.29, 1.82) is 0 Å². The molecule has 4 nitrogen and oxygen atoms in total. The highest BCUT2D eigenvalue weighted by molar-refractivity contribution is 5.74. The Kier molecular flexibility index (Phi) is 3.69. The van der Waals surface area contributed by atoms with E-state index in [2.05, 4.69) is 24.5 Å². The Morgan fingerprint density at radius 1 is 1.38 bits per heavy atom. The number of carbonyl (C=O) groups excluding carboxylic acids is 1. The molecule has 1 heterocycles. The minimum Gasteiger partial charge on any atom is -0.378 e. The summed E-state index contributed by atoms with van der Waals surface area (Å²) < 4.78 is 5.68. The summed E-state index contributed by atoms with van der Waals surface area (Å²) in [5.41, 5.74) is 0. The molecule has 16 heavy (non-hydrogen) atoms. The van der Waals surface area contributed by atoms with Crippen molar-refractivity contribution >= 4 is 6.03 Å². The molecule has 92 valence electrons. The van der Waals surface area contributed by atoms with Gasteiger partial charge in [0.1, 0.15) is 0 Å². The van der Waals surface area contributed by atoms with Gasteiger partial charge in [-0.15, -0.1) is 0 Å². The predicted octanol–water partition coefficient (Wildman–Crippen LogP) is 1.51. The van der Waals surface area contributed by atoms with Gasteiger partial charge in [0.15, 0.2) is 0 Å². The normalized spacial score (nSPS) is 29.4. The molecule has 2 amide bonds. The van der Waals surface area contributed by atoms with E-state index in [9.17, 15) is 4.79 Å². The van der Waals surface area contributed by atoms with E-state index in [1.165, 1.54) is 0 Å². The molecule has 0 radical (unpaired) electrons. The lowest BCUT2D eigenvalue weighted by Crippen LogP contribution is -2.41. The van der Waals surface area contributed by atoms with Crippen LogP contribution >= 0.6 is 0 Å². The van der Waals surface area contributed by atoms with Gasteiger partial charge in [-0.2, -0.15) is 0 Å². The average molecular weight is 226 g/mol. The van der Waals surface area contributed by atoms with E-state index in [-0.39, 0.29) is 6.03 Å². The van der Waals surface area contributed by atoms with Crippen LogP contribution in [0.5, 0.6) is 0 Å². The van der Waals surface area contributed by atoms with Crippen LogP contribution < -0.4 is 10.6 Å². The van der Waals surface area contributed by atoms with Crippen molar-refractivity contribution in [2.45, 2.75) is 45.3 Å². The lowest BCUT2D eigenvalue weighted by molar-refractivity contribution is 0.0545. The van der Waals surface area contributed by atoms with E-state index in [0.29, 0.717) is 24.0 Å². The number of hydrogen-bond donors (Lipinski definition) is 2. The lowest BCUT2D eigenvalue weighted by atomic mass is 9.93. The maximum atomic E-state index is 11.5. The van der Waals surface area contributed by atoms with Crippen LogP contribution in [0, 0.1) is 11.8 Å². The third-order valence-corrected chi connectivity index (χ3v) is 3.36. The zero-order chi connectivity index (χ0) is 11.5. The smallest absolute Gasteiger partial charge is 0.315 e. The summed E-state index contributed by atoms with van der Waals surface area (Å²) in [7, 11) is 0. The fraction of sp³-hybridized carbons (Fsp3) is 0.917. The largest absolute Gasteiger partial charge is 0.378 e. The fourth-order valence-electron chi connectivity index (χ4n) is 2.30. The van der Waals surface area contributed by atoms with Crippen molar-refractivity contribution in [2.24, 2.45) is 11.8 Å². The molecule has 1 saturated carbocycles. The second-order valence-electron chi connectivity index (χ2n) is 5.26. The number of rotatable bonds is 4. The van der Waals surface area contributed by atoms with Gasteiger partial charge in [-0.1, -0.05) is 13.8 Å².